The van der Waals surface area contributed by atoms with Crippen molar-refractivity contribution in [3.63, 3.8) is 0 Å². The number of aliphatic carboxylic acids is 1. The molecule has 2 unspecified atom stereocenters. The maximum absolute atomic E-state index is 12.9. The van der Waals surface area contributed by atoms with E-state index in [-0.39, 0.29) is 24.8 Å². The molecular formula is C20H20FNO5. The lowest BCUT2D eigenvalue weighted by atomic mass is 9.96. The maximum Gasteiger partial charge on any atom is 0.346 e. The molecule has 1 amide bonds. The van der Waals surface area contributed by atoms with Gasteiger partial charge in [0.2, 0.25) is 12.0 Å². The molecular weight excluding hydrogens is 353 g/mol. The number of carboxylic acid groups (broad SMARTS) is 1. The van der Waals surface area contributed by atoms with Gasteiger partial charge in [0, 0.05) is 5.56 Å². The first-order chi connectivity index (χ1) is 12.8. The van der Waals surface area contributed by atoms with E-state index < -0.39 is 23.8 Å². The molecule has 2 atom stereocenters. The predicted molar refractivity (Wildman–Crippen MR) is 95.6 cm³/mol. The minimum absolute atomic E-state index is 0.207. The van der Waals surface area contributed by atoms with Crippen molar-refractivity contribution in [2.24, 2.45) is 0 Å². The fourth-order valence-corrected chi connectivity index (χ4v) is 2.86. The van der Waals surface area contributed by atoms with Gasteiger partial charge in [-0.1, -0.05) is 6.07 Å². The van der Waals surface area contributed by atoms with Gasteiger partial charge in [-0.15, -0.1) is 0 Å². The number of aryl methyl sites for hydroxylation is 2. The zero-order valence-corrected chi connectivity index (χ0v) is 15.0. The number of nitrogens with one attached hydrogen (secondary N) is 1. The van der Waals surface area contributed by atoms with Gasteiger partial charge in [-0.05, 0) is 55.3 Å². The van der Waals surface area contributed by atoms with Crippen LogP contribution in [0, 0.1) is 19.7 Å². The summed E-state index contributed by atoms with van der Waals surface area (Å²) in [7, 11) is 0. The van der Waals surface area contributed by atoms with Gasteiger partial charge in [-0.3, -0.25) is 4.79 Å². The van der Waals surface area contributed by atoms with Gasteiger partial charge in [-0.2, -0.15) is 0 Å². The van der Waals surface area contributed by atoms with Gasteiger partial charge in [-0.25, -0.2) is 9.18 Å². The van der Waals surface area contributed by atoms with E-state index in [1.165, 1.54) is 24.3 Å². The minimum Gasteiger partial charge on any atom is -0.492 e. The van der Waals surface area contributed by atoms with Gasteiger partial charge in [0.1, 0.15) is 29.8 Å². The quantitative estimate of drug-likeness (QED) is 0.813. The highest BCUT2D eigenvalue weighted by Crippen LogP contribution is 2.36. The SMILES string of the molecule is Cc1cc2c(cc1C)C(C(=O)NCC(Oc1ccc(F)cc1)C(=O)O)CO2. The number of carbonyl (C=O) groups excluding carboxylic acids is 1. The lowest BCUT2D eigenvalue weighted by Crippen LogP contribution is -2.42. The molecule has 0 fully saturated rings. The molecule has 0 saturated heterocycles. The molecule has 0 bridgehead atoms. The van der Waals surface area contributed by atoms with E-state index in [1.54, 1.807) is 0 Å². The molecule has 1 heterocycles. The summed E-state index contributed by atoms with van der Waals surface area (Å²) >= 11 is 0. The molecule has 6 nitrogen and oxygen atoms in total. The summed E-state index contributed by atoms with van der Waals surface area (Å²) in [4.78, 5) is 23.9. The van der Waals surface area contributed by atoms with Crippen molar-refractivity contribution < 1.29 is 28.6 Å². The standard InChI is InChI=1S/C20H20FNO5/c1-11-7-15-16(10-26-17(15)8-12(11)2)19(23)22-9-18(20(24)25)27-14-5-3-13(21)4-6-14/h3-8,16,18H,9-10H2,1-2H3,(H,22,23)(H,24,25). The monoisotopic (exact) mass is 373 g/mol. The number of ether oxygens (including phenoxy) is 2. The van der Waals surface area contributed by atoms with Crippen LogP contribution in [-0.4, -0.2) is 36.2 Å². The maximum atomic E-state index is 12.9. The number of amides is 1. The highest BCUT2D eigenvalue weighted by Gasteiger charge is 2.32. The molecule has 27 heavy (non-hydrogen) atoms. The summed E-state index contributed by atoms with van der Waals surface area (Å²) < 4.78 is 23.9. The summed E-state index contributed by atoms with van der Waals surface area (Å²) in [6.07, 6.45) is -1.29. The van der Waals surface area contributed by atoms with Crippen LogP contribution in [0.1, 0.15) is 22.6 Å². The van der Waals surface area contributed by atoms with Crippen LogP contribution in [0.25, 0.3) is 0 Å². The smallest absolute Gasteiger partial charge is 0.346 e. The zero-order chi connectivity index (χ0) is 19.6. The molecule has 0 radical (unpaired) electrons. The molecule has 3 rings (SSSR count). The summed E-state index contributed by atoms with van der Waals surface area (Å²) in [6, 6.07) is 8.83. The number of rotatable bonds is 6. The Hall–Kier alpha value is -3.09. The Morgan fingerprint density at radius 1 is 1.26 bits per heavy atom. The van der Waals surface area contributed by atoms with E-state index in [4.69, 9.17) is 9.47 Å². The molecule has 142 valence electrons. The van der Waals surface area contributed by atoms with Gasteiger partial charge >= 0.3 is 5.97 Å². The van der Waals surface area contributed by atoms with E-state index in [9.17, 15) is 19.1 Å². The third-order valence-electron chi connectivity index (χ3n) is 4.55. The van der Waals surface area contributed by atoms with Gasteiger partial charge in [0.15, 0.2) is 0 Å². The van der Waals surface area contributed by atoms with Crippen LogP contribution < -0.4 is 14.8 Å². The average molecular weight is 373 g/mol. The normalized spacial score (nSPS) is 16.2. The van der Waals surface area contributed by atoms with Crippen molar-refractivity contribution >= 4 is 11.9 Å². The van der Waals surface area contributed by atoms with E-state index in [0.717, 1.165) is 16.7 Å². The molecule has 1 aliphatic heterocycles. The molecule has 0 aromatic heterocycles. The molecule has 2 aromatic rings. The van der Waals surface area contributed by atoms with Crippen molar-refractivity contribution in [2.45, 2.75) is 25.9 Å². The zero-order valence-electron chi connectivity index (χ0n) is 15.0. The van der Waals surface area contributed by atoms with E-state index in [1.807, 2.05) is 26.0 Å². The lowest BCUT2D eigenvalue weighted by molar-refractivity contribution is -0.145. The van der Waals surface area contributed by atoms with Crippen molar-refractivity contribution in [2.75, 3.05) is 13.2 Å². The Balaban J connectivity index is 1.65. The second kappa shape index (κ2) is 7.65. The third-order valence-corrected chi connectivity index (χ3v) is 4.55. The molecule has 2 N–H and O–H groups in total. The van der Waals surface area contributed by atoms with Gasteiger partial charge in [0.05, 0.1) is 6.54 Å². The minimum atomic E-state index is -1.29. The molecule has 2 aromatic carbocycles. The van der Waals surface area contributed by atoms with E-state index >= 15 is 0 Å². The third kappa shape index (κ3) is 4.19. The fourth-order valence-electron chi connectivity index (χ4n) is 2.86. The Morgan fingerprint density at radius 2 is 1.93 bits per heavy atom. The Bertz CT molecular complexity index is 865. The van der Waals surface area contributed by atoms with Crippen molar-refractivity contribution in [3.8, 4) is 11.5 Å². The van der Waals surface area contributed by atoms with E-state index in [0.29, 0.717) is 5.75 Å². The van der Waals surface area contributed by atoms with Crippen LogP contribution in [0.15, 0.2) is 36.4 Å². The summed E-state index contributed by atoms with van der Waals surface area (Å²) in [5.74, 6) is -1.62. The van der Waals surface area contributed by atoms with Crippen LogP contribution in [0.4, 0.5) is 4.39 Å². The number of hydrogen-bond donors (Lipinski definition) is 2. The molecule has 7 heteroatoms. The highest BCUT2D eigenvalue weighted by atomic mass is 19.1. The van der Waals surface area contributed by atoms with Crippen LogP contribution in [0.3, 0.4) is 0 Å². The summed E-state index contributed by atoms with van der Waals surface area (Å²) in [6.45, 7) is 3.92. The van der Waals surface area contributed by atoms with Crippen LogP contribution in [0.2, 0.25) is 0 Å². The Morgan fingerprint density at radius 3 is 2.59 bits per heavy atom. The number of carbonyl (C=O) groups is 2. The molecule has 0 spiro atoms. The first-order valence-electron chi connectivity index (χ1n) is 8.52. The molecule has 0 saturated carbocycles. The number of carboxylic acids is 1. The number of fused-ring (bicyclic) bond motifs is 1. The average Bonchev–Trinajstić information content (AvgIpc) is 3.02. The van der Waals surface area contributed by atoms with Crippen LogP contribution in [0.5, 0.6) is 11.5 Å². The topological polar surface area (TPSA) is 84.9 Å². The highest BCUT2D eigenvalue weighted by molar-refractivity contribution is 5.86. The molecule has 1 aliphatic rings. The number of halogens is 1. The first kappa shape index (κ1) is 18.7. The Labute approximate surface area is 155 Å². The van der Waals surface area contributed by atoms with Crippen molar-refractivity contribution in [3.05, 3.63) is 58.9 Å². The van der Waals surface area contributed by atoms with Gasteiger partial charge < -0.3 is 19.9 Å². The molecule has 0 aliphatic carbocycles. The van der Waals surface area contributed by atoms with Crippen LogP contribution >= 0.6 is 0 Å². The second-order valence-electron chi connectivity index (χ2n) is 6.48. The van der Waals surface area contributed by atoms with Crippen molar-refractivity contribution in [1.29, 1.82) is 0 Å². The fraction of sp³-hybridized carbons (Fsp3) is 0.300. The Kier molecular flexibility index (Phi) is 5.30. The first-order valence-corrected chi connectivity index (χ1v) is 8.52. The number of benzene rings is 2. The summed E-state index contributed by atoms with van der Waals surface area (Å²) in [5, 5.41) is 11.9. The second-order valence-corrected chi connectivity index (χ2v) is 6.48. The predicted octanol–water partition coefficient (Wildman–Crippen LogP) is 2.57. The summed E-state index contributed by atoms with van der Waals surface area (Å²) in [5.41, 5.74) is 2.93. The largest absolute Gasteiger partial charge is 0.492 e. The van der Waals surface area contributed by atoms with Crippen LogP contribution in [-0.2, 0) is 9.59 Å². The van der Waals surface area contributed by atoms with Gasteiger partial charge in [0.25, 0.3) is 0 Å². The lowest BCUT2D eigenvalue weighted by Gasteiger charge is -2.17. The van der Waals surface area contributed by atoms with E-state index in [2.05, 4.69) is 5.32 Å². The number of hydrogen-bond acceptors (Lipinski definition) is 4. The van der Waals surface area contributed by atoms with Crippen molar-refractivity contribution in [1.82, 2.24) is 5.32 Å².